The smallest absolute Gasteiger partial charge is 0.287 e. The maximum absolute atomic E-state index is 13.1. The van der Waals surface area contributed by atoms with Crippen molar-refractivity contribution in [2.45, 2.75) is 36.9 Å². The van der Waals surface area contributed by atoms with E-state index in [-0.39, 0.29) is 11.8 Å². The summed E-state index contributed by atoms with van der Waals surface area (Å²) >= 11 is 0. The Hall–Kier alpha value is -2.45. The van der Waals surface area contributed by atoms with Crippen molar-refractivity contribution >= 4 is 17.3 Å². The summed E-state index contributed by atoms with van der Waals surface area (Å²) < 4.78 is 8.43. The normalized spacial score (nSPS) is 29.6. The van der Waals surface area contributed by atoms with Crippen LogP contribution in [0, 0.1) is 5.41 Å². The number of piperidine rings is 1. The number of nitrogens with one attached hydrogen (secondary N) is 2. The quantitative estimate of drug-likeness (QED) is 0.798. The first-order valence-corrected chi connectivity index (χ1v) is 10.2. The number of carbonyl (C=O) groups is 2. The zero-order chi connectivity index (χ0) is 20.3. The first kappa shape index (κ1) is 18.6. The van der Waals surface area contributed by atoms with Gasteiger partial charge >= 0.3 is 0 Å². The summed E-state index contributed by atoms with van der Waals surface area (Å²) in [6.45, 7) is 2.10. The third-order valence-electron chi connectivity index (χ3n) is 6.97. The van der Waals surface area contributed by atoms with Crippen molar-refractivity contribution in [3.8, 4) is 0 Å². The van der Waals surface area contributed by atoms with Gasteiger partial charge in [-0.2, -0.15) is 0 Å². The molecule has 0 atom stereocenters. The average molecular weight is 397 g/mol. The zero-order valence-corrected chi connectivity index (χ0v) is 16.9. The maximum atomic E-state index is 13.1. The molecule has 8 nitrogen and oxygen atoms in total. The van der Waals surface area contributed by atoms with E-state index in [2.05, 4.69) is 15.6 Å². The number of carbonyl (C=O) groups excluding carboxylic acids is 2. The molecular formula is C21H27N5O3. The van der Waals surface area contributed by atoms with E-state index >= 15 is 0 Å². The fourth-order valence-corrected chi connectivity index (χ4v) is 5.73. The molecule has 2 aromatic rings. The molecule has 0 unspecified atom stereocenters. The number of ether oxygens (including phenoxy) is 1. The number of aromatic nitrogens is 2. The number of hydrogen-bond donors (Lipinski definition) is 2. The summed E-state index contributed by atoms with van der Waals surface area (Å²) in [5, 5.41) is 6.39. The number of rotatable bonds is 4. The van der Waals surface area contributed by atoms with Crippen LogP contribution in [0.3, 0.4) is 0 Å². The molecule has 2 bridgehead atoms. The van der Waals surface area contributed by atoms with Crippen molar-refractivity contribution in [2.24, 2.45) is 5.41 Å². The highest BCUT2D eigenvalue weighted by atomic mass is 16.5. The molecule has 2 amide bonds. The number of imidazole rings is 1. The Morgan fingerprint density at radius 2 is 2.03 bits per heavy atom. The van der Waals surface area contributed by atoms with Crippen LogP contribution in [0.5, 0.6) is 0 Å². The van der Waals surface area contributed by atoms with Gasteiger partial charge in [-0.25, -0.2) is 4.98 Å². The molecule has 2 N–H and O–H groups in total. The molecule has 3 aliphatic heterocycles. The molecule has 5 heterocycles. The molecule has 1 saturated carbocycles. The van der Waals surface area contributed by atoms with Crippen LogP contribution in [0.25, 0.3) is 5.52 Å². The number of pyridine rings is 1. The Morgan fingerprint density at radius 1 is 1.28 bits per heavy atom. The summed E-state index contributed by atoms with van der Waals surface area (Å²) in [6, 6.07) is 5.70. The molecule has 4 fully saturated rings. The van der Waals surface area contributed by atoms with Crippen LogP contribution in [-0.4, -0.2) is 71.0 Å². The lowest BCUT2D eigenvalue weighted by molar-refractivity contribution is -0.149. The van der Waals surface area contributed by atoms with Crippen LogP contribution in [-0.2, 0) is 9.53 Å². The molecule has 6 rings (SSSR count). The second-order valence-electron chi connectivity index (χ2n) is 8.92. The van der Waals surface area contributed by atoms with E-state index in [0.29, 0.717) is 25.2 Å². The van der Waals surface area contributed by atoms with Gasteiger partial charge in [0.25, 0.3) is 5.91 Å². The minimum absolute atomic E-state index is 0.151. The van der Waals surface area contributed by atoms with Gasteiger partial charge in [0.05, 0.1) is 28.3 Å². The fourth-order valence-electron chi connectivity index (χ4n) is 5.73. The van der Waals surface area contributed by atoms with Gasteiger partial charge in [-0.1, -0.05) is 6.07 Å². The molecule has 4 aliphatic rings. The van der Waals surface area contributed by atoms with Crippen LogP contribution in [0.4, 0.5) is 0 Å². The highest BCUT2D eigenvalue weighted by molar-refractivity contribution is 5.92. The van der Waals surface area contributed by atoms with Gasteiger partial charge in [-0.3, -0.25) is 14.0 Å². The van der Waals surface area contributed by atoms with Crippen LogP contribution in [0.2, 0.25) is 0 Å². The van der Waals surface area contributed by atoms with Crippen molar-refractivity contribution in [3.05, 3.63) is 36.4 Å². The molecule has 0 radical (unpaired) electrons. The molecule has 8 heteroatoms. The van der Waals surface area contributed by atoms with E-state index in [0.717, 1.165) is 31.4 Å². The van der Waals surface area contributed by atoms with Crippen LogP contribution in [0.1, 0.15) is 36.3 Å². The zero-order valence-electron chi connectivity index (χ0n) is 16.9. The lowest BCUT2D eigenvalue weighted by Gasteiger charge is -2.49. The lowest BCUT2D eigenvalue weighted by atomic mass is 9.53. The maximum Gasteiger partial charge on any atom is 0.287 e. The van der Waals surface area contributed by atoms with E-state index in [9.17, 15) is 9.59 Å². The predicted molar refractivity (Wildman–Crippen MR) is 107 cm³/mol. The highest BCUT2D eigenvalue weighted by Gasteiger charge is 2.77. The van der Waals surface area contributed by atoms with Gasteiger partial charge in [-0.15, -0.1) is 0 Å². The standard InChI is InChI=1S/C21H27N5O3/c1-25(2)18(28)20-12-19(13-20,29-21(20)6-8-22-9-7-21)14-24-17(27)16-23-11-15-5-3-4-10-26(15)16/h3-5,10-11,22H,6-9,12-14H2,1-2H3,(H,24,27). The van der Waals surface area contributed by atoms with E-state index in [1.807, 2.05) is 38.5 Å². The Kier molecular flexibility index (Phi) is 4.02. The molecule has 154 valence electrons. The van der Waals surface area contributed by atoms with E-state index in [4.69, 9.17) is 4.74 Å². The van der Waals surface area contributed by atoms with Gasteiger partial charge < -0.3 is 20.3 Å². The summed E-state index contributed by atoms with van der Waals surface area (Å²) in [5.41, 5.74) is -0.486. The number of fused-ring (bicyclic) bond motifs is 1. The minimum atomic E-state index is -0.469. The molecule has 1 aliphatic carbocycles. The van der Waals surface area contributed by atoms with E-state index < -0.39 is 16.6 Å². The molecule has 3 saturated heterocycles. The average Bonchev–Trinajstić information content (AvgIpc) is 3.31. The Balaban J connectivity index is 1.35. The van der Waals surface area contributed by atoms with Crippen LogP contribution >= 0.6 is 0 Å². The molecule has 29 heavy (non-hydrogen) atoms. The van der Waals surface area contributed by atoms with Crippen molar-refractivity contribution in [2.75, 3.05) is 33.7 Å². The molecule has 0 aromatic carbocycles. The SMILES string of the molecule is CN(C)C(=O)C12CC(CNC(=O)c3ncc4ccccn34)(C1)OC21CCNCC1. The number of hydrogen-bond acceptors (Lipinski definition) is 5. The van der Waals surface area contributed by atoms with Crippen molar-refractivity contribution in [1.82, 2.24) is 24.9 Å². The molecule has 2 aromatic heterocycles. The number of amides is 2. The second kappa shape index (κ2) is 6.27. The topological polar surface area (TPSA) is 88.0 Å². The van der Waals surface area contributed by atoms with Crippen molar-refractivity contribution < 1.29 is 14.3 Å². The minimum Gasteiger partial charge on any atom is -0.365 e. The summed E-state index contributed by atoms with van der Waals surface area (Å²) in [6.07, 6.45) is 6.50. The highest BCUT2D eigenvalue weighted by Crippen LogP contribution is 2.69. The van der Waals surface area contributed by atoms with Gasteiger partial charge in [0.2, 0.25) is 11.7 Å². The largest absolute Gasteiger partial charge is 0.365 e. The van der Waals surface area contributed by atoms with Crippen molar-refractivity contribution in [1.29, 1.82) is 0 Å². The summed E-state index contributed by atoms with van der Waals surface area (Å²) in [4.78, 5) is 31.9. The molecular weight excluding hydrogens is 370 g/mol. The third-order valence-corrected chi connectivity index (χ3v) is 6.97. The van der Waals surface area contributed by atoms with E-state index in [1.165, 1.54) is 0 Å². The first-order chi connectivity index (χ1) is 13.9. The lowest BCUT2D eigenvalue weighted by Crippen LogP contribution is -2.61. The fraction of sp³-hybridized carbons (Fsp3) is 0.571. The van der Waals surface area contributed by atoms with Gasteiger partial charge in [-0.05, 0) is 50.9 Å². The Bertz CT molecular complexity index is 970. The van der Waals surface area contributed by atoms with Gasteiger partial charge in [0, 0.05) is 26.8 Å². The molecule has 1 spiro atoms. The predicted octanol–water partition coefficient (Wildman–Crippen LogP) is 0.824. The van der Waals surface area contributed by atoms with Gasteiger partial charge in [0.15, 0.2) is 0 Å². The summed E-state index contributed by atoms with van der Waals surface area (Å²) in [5.74, 6) is 0.288. The van der Waals surface area contributed by atoms with E-state index in [1.54, 1.807) is 15.5 Å². The number of nitrogens with zero attached hydrogens (tertiary/aromatic N) is 3. The Labute approximate surface area is 169 Å². The summed E-state index contributed by atoms with van der Waals surface area (Å²) in [7, 11) is 3.63. The Morgan fingerprint density at radius 3 is 2.76 bits per heavy atom. The first-order valence-electron chi connectivity index (χ1n) is 10.2. The third kappa shape index (κ3) is 2.55. The van der Waals surface area contributed by atoms with Crippen molar-refractivity contribution in [3.63, 3.8) is 0 Å². The van der Waals surface area contributed by atoms with Gasteiger partial charge in [0.1, 0.15) is 0 Å². The second-order valence-corrected chi connectivity index (χ2v) is 8.92. The van der Waals surface area contributed by atoms with Crippen LogP contribution in [0.15, 0.2) is 30.6 Å². The van der Waals surface area contributed by atoms with Crippen LogP contribution < -0.4 is 10.6 Å². The monoisotopic (exact) mass is 397 g/mol.